The first-order valence-corrected chi connectivity index (χ1v) is 3.44. The number of aryl methyl sites for hydroxylation is 1. The van der Waals surface area contributed by atoms with E-state index in [0.717, 1.165) is 17.3 Å². The van der Waals surface area contributed by atoms with E-state index in [1.807, 2.05) is 19.2 Å². The lowest BCUT2D eigenvalue weighted by Gasteiger charge is -1.98. The predicted molar refractivity (Wildman–Crippen MR) is 39.9 cm³/mol. The van der Waals surface area contributed by atoms with Crippen molar-refractivity contribution < 1.29 is 0 Å². The summed E-state index contributed by atoms with van der Waals surface area (Å²) in [6.07, 6.45) is 2.00. The van der Waals surface area contributed by atoms with E-state index in [2.05, 4.69) is 11.5 Å². The highest BCUT2D eigenvalue weighted by Gasteiger charge is 1.97. The lowest BCUT2D eigenvalue weighted by Crippen LogP contribution is -1.92. The van der Waals surface area contributed by atoms with Crippen LogP contribution in [0.15, 0.2) is 12.3 Å². The zero-order valence-corrected chi connectivity index (χ0v) is 6.44. The molecule has 1 aromatic rings. The minimum Gasteiger partial charge on any atom is -0.351 e. The summed E-state index contributed by atoms with van der Waals surface area (Å²) in [6.45, 7) is 5.12. The van der Waals surface area contributed by atoms with E-state index in [4.69, 9.17) is 11.6 Å². The Balaban J connectivity index is 3.04. The molecule has 2 heteroatoms. The Morgan fingerprint density at radius 2 is 2.33 bits per heavy atom. The number of hydrogen-bond acceptors (Lipinski definition) is 0. The van der Waals surface area contributed by atoms with Crippen LogP contribution >= 0.6 is 11.6 Å². The quantitative estimate of drug-likeness (QED) is 0.569. The zero-order chi connectivity index (χ0) is 6.85. The van der Waals surface area contributed by atoms with Crippen molar-refractivity contribution in [1.29, 1.82) is 0 Å². The summed E-state index contributed by atoms with van der Waals surface area (Å²) in [5.74, 6) is 0. The van der Waals surface area contributed by atoms with Crippen molar-refractivity contribution in [2.75, 3.05) is 0 Å². The summed E-state index contributed by atoms with van der Waals surface area (Å²) >= 11 is 5.79. The van der Waals surface area contributed by atoms with Crippen LogP contribution in [-0.4, -0.2) is 4.57 Å². The van der Waals surface area contributed by atoms with Crippen LogP contribution < -0.4 is 0 Å². The summed E-state index contributed by atoms with van der Waals surface area (Å²) < 4.78 is 2.11. The van der Waals surface area contributed by atoms with Gasteiger partial charge in [-0.1, -0.05) is 11.6 Å². The van der Waals surface area contributed by atoms with Crippen LogP contribution in [0.2, 0.25) is 5.02 Å². The maximum atomic E-state index is 5.79. The number of aromatic nitrogens is 1. The summed E-state index contributed by atoms with van der Waals surface area (Å²) in [4.78, 5) is 0. The van der Waals surface area contributed by atoms with Gasteiger partial charge in [-0.3, -0.25) is 0 Å². The molecular weight excluding hydrogens is 134 g/mol. The molecule has 0 radical (unpaired) electrons. The van der Waals surface area contributed by atoms with Gasteiger partial charge in [-0.25, -0.2) is 0 Å². The zero-order valence-electron chi connectivity index (χ0n) is 5.69. The van der Waals surface area contributed by atoms with Crippen molar-refractivity contribution in [3.05, 3.63) is 23.0 Å². The molecule has 0 aromatic carbocycles. The highest BCUT2D eigenvalue weighted by molar-refractivity contribution is 6.31. The standard InChI is InChI=1S/C7H10ClN/c1-3-9-5-4-7(8)6(9)2/h4-5H,3H2,1-2H3. The molecule has 9 heavy (non-hydrogen) atoms. The van der Waals surface area contributed by atoms with E-state index in [0.29, 0.717) is 0 Å². The van der Waals surface area contributed by atoms with Crippen LogP contribution in [-0.2, 0) is 6.54 Å². The summed E-state index contributed by atoms with van der Waals surface area (Å²) in [5.41, 5.74) is 1.15. The molecule has 0 aliphatic heterocycles. The molecule has 1 nitrogen and oxygen atoms in total. The first kappa shape index (κ1) is 6.69. The number of nitrogens with zero attached hydrogens (tertiary/aromatic N) is 1. The topological polar surface area (TPSA) is 4.93 Å². The molecule has 0 saturated heterocycles. The van der Waals surface area contributed by atoms with Gasteiger partial charge in [-0.15, -0.1) is 0 Å². The first-order chi connectivity index (χ1) is 4.25. The van der Waals surface area contributed by atoms with Crippen LogP contribution in [0.1, 0.15) is 12.6 Å². The molecule has 0 saturated carbocycles. The van der Waals surface area contributed by atoms with Gasteiger partial charge >= 0.3 is 0 Å². The monoisotopic (exact) mass is 143 g/mol. The normalized spacial score (nSPS) is 10.1. The molecule has 1 rings (SSSR count). The van der Waals surface area contributed by atoms with Gasteiger partial charge in [0.1, 0.15) is 0 Å². The van der Waals surface area contributed by atoms with E-state index < -0.39 is 0 Å². The summed E-state index contributed by atoms with van der Waals surface area (Å²) in [5, 5.41) is 0.858. The molecule has 0 aliphatic carbocycles. The molecule has 0 unspecified atom stereocenters. The predicted octanol–water partition coefficient (Wildman–Crippen LogP) is 2.47. The second-order valence-corrected chi connectivity index (χ2v) is 2.44. The number of halogens is 1. The second-order valence-electron chi connectivity index (χ2n) is 2.04. The largest absolute Gasteiger partial charge is 0.351 e. The minimum absolute atomic E-state index is 0.858. The number of rotatable bonds is 1. The molecule has 50 valence electrons. The maximum absolute atomic E-state index is 5.79. The Kier molecular flexibility index (Phi) is 1.81. The van der Waals surface area contributed by atoms with E-state index in [1.54, 1.807) is 0 Å². The van der Waals surface area contributed by atoms with Crippen molar-refractivity contribution in [3.8, 4) is 0 Å². The van der Waals surface area contributed by atoms with Crippen LogP contribution in [0.25, 0.3) is 0 Å². The van der Waals surface area contributed by atoms with Gasteiger partial charge in [0.25, 0.3) is 0 Å². The fourth-order valence-corrected chi connectivity index (χ4v) is 1.03. The summed E-state index contributed by atoms with van der Waals surface area (Å²) in [7, 11) is 0. The minimum atomic E-state index is 0.858. The molecule has 1 aromatic heterocycles. The van der Waals surface area contributed by atoms with Crippen molar-refractivity contribution in [1.82, 2.24) is 4.57 Å². The van der Waals surface area contributed by atoms with Crippen molar-refractivity contribution >= 4 is 11.6 Å². The van der Waals surface area contributed by atoms with Crippen molar-refractivity contribution in [2.45, 2.75) is 20.4 Å². The fraction of sp³-hybridized carbons (Fsp3) is 0.429. The van der Waals surface area contributed by atoms with Crippen molar-refractivity contribution in [3.63, 3.8) is 0 Å². The molecule has 0 bridgehead atoms. The molecule has 0 fully saturated rings. The Hall–Kier alpha value is -0.430. The molecule has 0 amide bonds. The highest BCUT2D eigenvalue weighted by atomic mass is 35.5. The lowest BCUT2D eigenvalue weighted by atomic mass is 10.5. The average molecular weight is 144 g/mol. The SMILES string of the molecule is CCn1ccc(Cl)c1C. The first-order valence-electron chi connectivity index (χ1n) is 3.07. The molecule has 1 heterocycles. The second kappa shape index (κ2) is 2.44. The smallest absolute Gasteiger partial charge is 0.0612 e. The van der Waals surface area contributed by atoms with Gasteiger partial charge in [0.2, 0.25) is 0 Å². The van der Waals surface area contributed by atoms with Gasteiger partial charge in [-0.2, -0.15) is 0 Å². The molecular formula is C7H10ClN. The van der Waals surface area contributed by atoms with Crippen LogP contribution in [0.5, 0.6) is 0 Å². The molecule has 0 atom stereocenters. The van der Waals surface area contributed by atoms with Gasteiger partial charge in [0.15, 0.2) is 0 Å². The van der Waals surface area contributed by atoms with Gasteiger partial charge in [-0.05, 0) is 19.9 Å². The maximum Gasteiger partial charge on any atom is 0.0612 e. The highest BCUT2D eigenvalue weighted by Crippen LogP contribution is 2.14. The van der Waals surface area contributed by atoms with E-state index >= 15 is 0 Å². The van der Waals surface area contributed by atoms with Gasteiger partial charge in [0, 0.05) is 18.4 Å². The average Bonchev–Trinajstić information content (AvgIpc) is 2.15. The van der Waals surface area contributed by atoms with Gasteiger partial charge in [0.05, 0.1) is 5.02 Å². The van der Waals surface area contributed by atoms with E-state index in [9.17, 15) is 0 Å². The van der Waals surface area contributed by atoms with E-state index in [-0.39, 0.29) is 0 Å². The van der Waals surface area contributed by atoms with Crippen LogP contribution in [0.3, 0.4) is 0 Å². The third kappa shape index (κ3) is 1.11. The lowest BCUT2D eigenvalue weighted by molar-refractivity contribution is 0.743. The van der Waals surface area contributed by atoms with Gasteiger partial charge < -0.3 is 4.57 Å². The number of hydrogen-bond donors (Lipinski definition) is 0. The third-order valence-corrected chi connectivity index (χ3v) is 1.92. The van der Waals surface area contributed by atoms with E-state index in [1.165, 1.54) is 0 Å². The van der Waals surface area contributed by atoms with Crippen molar-refractivity contribution in [2.24, 2.45) is 0 Å². The Labute approximate surface area is 60.2 Å². The van der Waals surface area contributed by atoms with Crippen LogP contribution in [0.4, 0.5) is 0 Å². The molecule has 0 spiro atoms. The Morgan fingerprint density at radius 1 is 1.67 bits per heavy atom. The van der Waals surface area contributed by atoms with Crippen LogP contribution in [0, 0.1) is 6.92 Å². The molecule has 0 N–H and O–H groups in total. The Bertz CT molecular complexity index is 203. The fourth-order valence-electron chi connectivity index (χ4n) is 0.868. The Morgan fingerprint density at radius 3 is 2.56 bits per heavy atom. The summed E-state index contributed by atoms with van der Waals surface area (Å²) in [6, 6.07) is 1.92. The third-order valence-electron chi connectivity index (χ3n) is 1.52. The molecule has 0 aliphatic rings.